The van der Waals surface area contributed by atoms with E-state index in [1.807, 2.05) is 0 Å². The predicted molar refractivity (Wildman–Crippen MR) is 71.2 cm³/mol. The maximum absolute atomic E-state index is 13.0. The minimum Gasteiger partial charge on any atom is -0.436 e. The maximum Gasteiger partial charge on any atom is 0.586 e. The van der Waals surface area contributed by atoms with Crippen LogP contribution in [0.3, 0.4) is 0 Å². The standard InChI is InChI=1S/C14H9F2N3O4/c15-14(16)21-10-2-1-8(3-12(10)22-14)11-4-13(19-23-11)20-9-5-17-7-18-6-9/h1-3,5-7,11H,4H2/t11-/m0/s1. The Morgan fingerprint density at radius 1 is 1.13 bits per heavy atom. The quantitative estimate of drug-likeness (QED) is 0.846. The lowest BCUT2D eigenvalue weighted by atomic mass is 10.1. The van der Waals surface area contributed by atoms with Crippen LogP contribution in [0.25, 0.3) is 0 Å². The molecule has 0 aliphatic carbocycles. The second kappa shape index (κ2) is 5.04. The average Bonchev–Trinajstić information content (AvgIpc) is 3.10. The van der Waals surface area contributed by atoms with E-state index in [0.717, 1.165) is 0 Å². The molecule has 2 aliphatic heterocycles. The third-order valence-electron chi connectivity index (χ3n) is 3.21. The highest BCUT2D eigenvalue weighted by Crippen LogP contribution is 2.43. The molecule has 118 valence electrons. The second-order valence-electron chi connectivity index (χ2n) is 4.83. The molecule has 1 aromatic carbocycles. The fourth-order valence-electron chi connectivity index (χ4n) is 2.23. The van der Waals surface area contributed by atoms with E-state index in [1.54, 1.807) is 6.07 Å². The van der Waals surface area contributed by atoms with Gasteiger partial charge in [-0.25, -0.2) is 9.97 Å². The topological polar surface area (TPSA) is 75.1 Å². The zero-order valence-electron chi connectivity index (χ0n) is 11.5. The molecule has 1 aromatic heterocycles. The first kappa shape index (κ1) is 13.7. The van der Waals surface area contributed by atoms with Crippen LogP contribution in [0.4, 0.5) is 8.78 Å². The third-order valence-corrected chi connectivity index (χ3v) is 3.21. The van der Waals surface area contributed by atoms with Crippen LogP contribution in [-0.2, 0) is 4.84 Å². The van der Waals surface area contributed by atoms with Crippen molar-refractivity contribution in [2.24, 2.45) is 5.16 Å². The zero-order valence-corrected chi connectivity index (χ0v) is 11.5. The molecule has 0 radical (unpaired) electrons. The van der Waals surface area contributed by atoms with E-state index in [0.29, 0.717) is 23.6 Å². The lowest BCUT2D eigenvalue weighted by Gasteiger charge is -2.08. The van der Waals surface area contributed by atoms with Crippen LogP contribution >= 0.6 is 0 Å². The highest BCUT2D eigenvalue weighted by atomic mass is 19.3. The molecule has 0 N–H and O–H groups in total. The van der Waals surface area contributed by atoms with Crippen molar-refractivity contribution in [2.75, 3.05) is 0 Å². The Kier molecular flexibility index (Phi) is 3.00. The van der Waals surface area contributed by atoms with E-state index < -0.39 is 12.4 Å². The van der Waals surface area contributed by atoms with Gasteiger partial charge in [-0.05, 0) is 17.7 Å². The van der Waals surface area contributed by atoms with Crippen LogP contribution in [0.2, 0.25) is 0 Å². The number of alkyl halides is 2. The van der Waals surface area contributed by atoms with Crippen LogP contribution in [0.15, 0.2) is 42.1 Å². The first-order valence-corrected chi connectivity index (χ1v) is 6.64. The van der Waals surface area contributed by atoms with Gasteiger partial charge in [0.1, 0.15) is 6.33 Å². The molecule has 9 heteroatoms. The van der Waals surface area contributed by atoms with Crippen LogP contribution < -0.4 is 14.2 Å². The number of oxime groups is 1. The lowest BCUT2D eigenvalue weighted by Crippen LogP contribution is -2.25. The van der Waals surface area contributed by atoms with Gasteiger partial charge in [-0.3, -0.25) is 0 Å². The average molecular weight is 321 g/mol. The van der Waals surface area contributed by atoms with Gasteiger partial charge in [0.15, 0.2) is 23.4 Å². The molecule has 0 spiro atoms. The summed E-state index contributed by atoms with van der Waals surface area (Å²) in [5, 5.41) is 3.83. The van der Waals surface area contributed by atoms with Gasteiger partial charge in [0.05, 0.1) is 18.8 Å². The Bertz CT molecular complexity index is 770. The van der Waals surface area contributed by atoms with Crippen molar-refractivity contribution in [1.29, 1.82) is 0 Å². The Morgan fingerprint density at radius 3 is 2.74 bits per heavy atom. The SMILES string of the molecule is FC1(F)Oc2ccc([C@@H]3CC(Oc4cncnc4)=NO3)cc2O1. The van der Waals surface area contributed by atoms with Crippen molar-refractivity contribution in [3.05, 3.63) is 42.5 Å². The molecule has 2 aliphatic rings. The summed E-state index contributed by atoms with van der Waals surface area (Å²) in [5.41, 5.74) is 0.622. The van der Waals surface area contributed by atoms with Crippen molar-refractivity contribution >= 4 is 5.90 Å². The molecule has 7 nitrogen and oxygen atoms in total. The number of benzene rings is 1. The summed E-state index contributed by atoms with van der Waals surface area (Å²) in [4.78, 5) is 12.9. The summed E-state index contributed by atoms with van der Waals surface area (Å²) in [7, 11) is 0. The number of halogens is 2. The van der Waals surface area contributed by atoms with Gasteiger partial charge in [-0.15, -0.1) is 8.78 Å². The summed E-state index contributed by atoms with van der Waals surface area (Å²) >= 11 is 0. The first-order chi connectivity index (χ1) is 11.1. The molecule has 0 saturated carbocycles. The van der Waals surface area contributed by atoms with Crippen molar-refractivity contribution < 1.29 is 27.8 Å². The maximum atomic E-state index is 13.0. The van der Waals surface area contributed by atoms with Crippen molar-refractivity contribution in [1.82, 2.24) is 9.97 Å². The molecule has 0 fully saturated rings. The van der Waals surface area contributed by atoms with Gasteiger partial charge in [-0.1, -0.05) is 11.2 Å². The van der Waals surface area contributed by atoms with Crippen LogP contribution in [-0.4, -0.2) is 22.2 Å². The summed E-state index contributed by atoms with van der Waals surface area (Å²) in [5.74, 6) is 0.714. The van der Waals surface area contributed by atoms with Gasteiger partial charge in [0, 0.05) is 0 Å². The van der Waals surface area contributed by atoms with Gasteiger partial charge in [0.25, 0.3) is 0 Å². The zero-order chi connectivity index (χ0) is 15.9. The molecule has 1 atom stereocenters. The van der Waals surface area contributed by atoms with E-state index in [4.69, 9.17) is 9.57 Å². The smallest absolute Gasteiger partial charge is 0.436 e. The van der Waals surface area contributed by atoms with Crippen LogP contribution in [0, 0.1) is 0 Å². The molecule has 4 rings (SSSR count). The van der Waals surface area contributed by atoms with Gasteiger partial charge in [-0.2, -0.15) is 0 Å². The summed E-state index contributed by atoms with van der Waals surface area (Å²) < 4.78 is 40.3. The van der Waals surface area contributed by atoms with E-state index in [1.165, 1.54) is 30.9 Å². The number of nitrogens with zero attached hydrogens (tertiary/aromatic N) is 3. The molecule has 0 saturated heterocycles. The molecular formula is C14H9F2N3O4. The number of fused-ring (bicyclic) bond motifs is 1. The molecule has 2 aromatic rings. The third kappa shape index (κ3) is 2.72. The van der Waals surface area contributed by atoms with E-state index in [2.05, 4.69) is 24.6 Å². The number of ether oxygens (including phenoxy) is 3. The largest absolute Gasteiger partial charge is 0.586 e. The normalized spacial score (nSPS) is 20.8. The monoisotopic (exact) mass is 321 g/mol. The highest BCUT2D eigenvalue weighted by Gasteiger charge is 2.43. The molecule has 0 unspecified atom stereocenters. The van der Waals surface area contributed by atoms with Gasteiger partial charge >= 0.3 is 6.29 Å². The molecule has 0 amide bonds. The fourth-order valence-corrected chi connectivity index (χ4v) is 2.23. The Balaban J connectivity index is 1.46. The lowest BCUT2D eigenvalue weighted by molar-refractivity contribution is -0.286. The predicted octanol–water partition coefficient (Wildman–Crippen LogP) is 2.65. The molecular weight excluding hydrogens is 312 g/mol. The molecule has 3 heterocycles. The van der Waals surface area contributed by atoms with E-state index in [9.17, 15) is 8.78 Å². The van der Waals surface area contributed by atoms with Gasteiger partial charge < -0.3 is 19.0 Å². The molecule has 0 bridgehead atoms. The number of hydrogen-bond acceptors (Lipinski definition) is 7. The van der Waals surface area contributed by atoms with Gasteiger partial charge in [0.2, 0.25) is 5.90 Å². The van der Waals surface area contributed by atoms with Crippen LogP contribution in [0.1, 0.15) is 18.1 Å². The fraction of sp³-hybridized carbons (Fsp3) is 0.214. The first-order valence-electron chi connectivity index (χ1n) is 6.64. The summed E-state index contributed by atoms with van der Waals surface area (Å²) in [6.45, 7) is 0. The van der Waals surface area contributed by atoms with Crippen molar-refractivity contribution in [3.63, 3.8) is 0 Å². The Labute approximate surface area is 128 Å². The number of aromatic nitrogens is 2. The molecule has 23 heavy (non-hydrogen) atoms. The minimum atomic E-state index is -3.64. The highest BCUT2D eigenvalue weighted by molar-refractivity contribution is 5.79. The van der Waals surface area contributed by atoms with Crippen LogP contribution in [0.5, 0.6) is 17.2 Å². The summed E-state index contributed by atoms with van der Waals surface area (Å²) in [6, 6.07) is 4.45. The second-order valence-corrected chi connectivity index (χ2v) is 4.83. The Hall–Kier alpha value is -2.97. The number of hydrogen-bond donors (Lipinski definition) is 0. The van der Waals surface area contributed by atoms with E-state index in [-0.39, 0.29) is 11.5 Å². The minimum absolute atomic E-state index is 0.0180. The summed E-state index contributed by atoms with van der Waals surface area (Å²) in [6.07, 6.45) is 0.598. The Morgan fingerprint density at radius 2 is 1.91 bits per heavy atom. The van der Waals surface area contributed by atoms with E-state index >= 15 is 0 Å². The van der Waals surface area contributed by atoms with Crippen molar-refractivity contribution in [2.45, 2.75) is 18.8 Å². The van der Waals surface area contributed by atoms with Crippen molar-refractivity contribution in [3.8, 4) is 17.2 Å². The number of rotatable bonds is 2.